The van der Waals surface area contributed by atoms with Crippen LogP contribution in [0.2, 0.25) is 0 Å². The van der Waals surface area contributed by atoms with Crippen molar-refractivity contribution in [2.45, 2.75) is 20.5 Å². The summed E-state index contributed by atoms with van der Waals surface area (Å²) < 4.78 is 10.8. The van der Waals surface area contributed by atoms with Gasteiger partial charge in [0.2, 0.25) is 0 Å². The zero-order chi connectivity index (χ0) is 12.5. The Morgan fingerprint density at radius 1 is 1.24 bits per heavy atom. The molecule has 0 unspecified atom stereocenters. The molecule has 0 bridgehead atoms. The number of ether oxygens (including phenoxy) is 2. The second-order valence-electron chi connectivity index (χ2n) is 4.06. The average molecular weight is 240 g/mol. The van der Waals surface area contributed by atoms with Crippen LogP contribution >= 0.6 is 0 Å². The first-order valence-electron chi connectivity index (χ1n) is 5.65. The number of aromatic nitrogens is 2. The number of hydrazine groups is 1. The monoisotopic (exact) mass is 240 g/mol. The first kappa shape index (κ1) is 13.8. The van der Waals surface area contributed by atoms with Crippen molar-refractivity contribution in [2.24, 2.45) is 11.8 Å². The Morgan fingerprint density at radius 2 is 2.00 bits per heavy atom. The SMILES string of the molecule is CC(C)COCCOCc1cnc(NN)cn1. The van der Waals surface area contributed by atoms with Gasteiger partial charge >= 0.3 is 0 Å². The lowest BCUT2D eigenvalue weighted by molar-refractivity contribution is 0.0304. The van der Waals surface area contributed by atoms with E-state index < -0.39 is 0 Å². The van der Waals surface area contributed by atoms with Crippen LogP contribution in [0, 0.1) is 5.92 Å². The molecular weight excluding hydrogens is 220 g/mol. The van der Waals surface area contributed by atoms with Gasteiger partial charge in [0.05, 0.1) is 37.9 Å². The minimum Gasteiger partial charge on any atom is -0.379 e. The summed E-state index contributed by atoms with van der Waals surface area (Å²) in [5.41, 5.74) is 3.19. The predicted molar refractivity (Wildman–Crippen MR) is 65.2 cm³/mol. The Morgan fingerprint density at radius 3 is 2.59 bits per heavy atom. The van der Waals surface area contributed by atoms with E-state index in [4.69, 9.17) is 15.3 Å². The molecule has 1 aromatic heterocycles. The number of nitrogen functional groups attached to an aromatic ring is 1. The van der Waals surface area contributed by atoms with Crippen LogP contribution in [0.3, 0.4) is 0 Å². The maximum absolute atomic E-state index is 5.40. The molecule has 0 aromatic carbocycles. The molecular formula is C11H20N4O2. The molecule has 17 heavy (non-hydrogen) atoms. The minimum absolute atomic E-state index is 0.433. The van der Waals surface area contributed by atoms with Gasteiger partial charge in [0, 0.05) is 6.61 Å². The van der Waals surface area contributed by atoms with Gasteiger partial charge in [0.25, 0.3) is 0 Å². The first-order chi connectivity index (χ1) is 8.22. The fraction of sp³-hybridized carbons (Fsp3) is 0.636. The number of nitrogens with zero attached hydrogens (tertiary/aromatic N) is 2. The third-order valence-electron chi connectivity index (χ3n) is 1.93. The van der Waals surface area contributed by atoms with Crippen LogP contribution < -0.4 is 11.3 Å². The molecule has 1 rings (SSSR count). The molecule has 0 aliphatic rings. The lowest BCUT2D eigenvalue weighted by Crippen LogP contribution is -2.10. The van der Waals surface area contributed by atoms with E-state index in [0.29, 0.717) is 31.6 Å². The molecule has 1 aromatic rings. The highest BCUT2D eigenvalue weighted by molar-refractivity contribution is 5.28. The van der Waals surface area contributed by atoms with Crippen molar-refractivity contribution in [3.63, 3.8) is 0 Å². The maximum Gasteiger partial charge on any atom is 0.158 e. The van der Waals surface area contributed by atoms with Gasteiger partial charge in [0.1, 0.15) is 0 Å². The van der Waals surface area contributed by atoms with E-state index in [9.17, 15) is 0 Å². The van der Waals surface area contributed by atoms with E-state index in [-0.39, 0.29) is 0 Å². The highest BCUT2D eigenvalue weighted by Gasteiger charge is 1.97. The first-order valence-corrected chi connectivity index (χ1v) is 5.65. The number of anilines is 1. The molecule has 6 nitrogen and oxygen atoms in total. The summed E-state index contributed by atoms with van der Waals surface area (Å²) in [6.45, 7) is 6.59. The van der Waals surface area contributed by atoms with Crippen LogP contribution in [-0.2, 0) is 16.1 Å². The van der Waals surface area contributed by atoms with E-state index in [1.165, 1.54) is 0 Å². The van der Waals surface area contributed by atoms with Crippen molar-refractivity contribution < 1.29 is 9.47 Å². The van der Waals surface area contributed by atoms with Gasteiger partial charge in [0.15, 0.2) is 5.82 Å². The van der Waals surface area contributed by atoms with Gasteiger partial charge in [-0.2, -0.15) is 0 Å². The molecule has 0 spiro atoms. The topological polar surface area (TPSA) is 82.3 Å². The molecule has 0 atom stereocenters. The van der Waals surface area contributed by atoms with E-state index in [1.54, 1.807) is 12.4 Å². The van der Waals surface area contributed by atoms with Gasteiger partial charge in [-0.15, -0.1) is 0 Å². The van der Waals surface area contributed by atoms with E-state index in [1.807, 2.05) is 0 Å². The average Bonchev–Trinajstić information content (AvgIpc) is 2.34. The van der Waals surface area contributed by atoms with Crippen LogP contribution in [0.25, 0.3) is 0 Å². The molecule has 0 amide bonds. The lowest BCUT2D eigenvalue weighted by Gasteiger charge is -2.07. The summed E-state index contributed by atoms with van der Waals surface area (Å²) in [5.74, 6) is 6.27. The minimum atomic E-state index is 0.433. The Bertz CT molecular complexity index is 303. The maximum atomic E-state index is 5.40. The molecule has 3 N–H and O–H groups in total. The fourth-order valence-electron chi connectivity index (χ4n) is 1.12. The van der Waals surface area contributed by atoms with Gasteiger partial charge in [-0.3, -0.25) is 4.98 Å². The standard InChI is InChI=1S/C11H20N4O2/c1-9(2)7-16-3-4-17-8-10-5-14-11(15-12)6-13-10/h5-6,9H,3-4,7-8,12H2,1-2H3,(H,14,15). The molecule has 0 aliphatic carbocycles. The largest absolute Gasteiger partial charge is 0.379 e. The van der Waals surface area contributed by atoms with Crippen LogP contribution in [0.15, 0.2) is 12.4 Å². The van der Waals surface area contributed by atoms with Crippen molar-refractivity contribution in [2.75, 3.05) is 25.2 Å². The van der Waals surface area contributed by atoms with Crippen molar-refractivity contribution in [1.29, 1.82) is 0 Å². The Labute approximate surface area is 102 Å². The summed E-state index contributed by atoms with van der Waals surface area (Å²) >= 11 is 0. The predicted octanol–water partition coefficient (Wildman–Crippen LogP) is 0.951. The quantitative estimate of drug-likeness (QED) is 0.400. The van der Waals surface area contributed by atoms with Crippen LogP contribution in [0.1, 0.15) is 19.5 Å². The smallest absolute Gasteiger partial charge is 0.158 e. The molecule has 1 heterocycles. The number of nitrogens with two attached hydrogens (primary N) is 1. The summed E-state index contributed by atoms with van der Waals surface area (Å²) in [7, 11) is 0. The zero-order valence-corrected chi connectivity index (χ0v) is 10.3. The van der Waals surface area contributed by atoms with Gasteiger partial charge in [-0.1, -0.05) is 13.8 Å². The molecule has 96 valence electrons. The highest BCUT2D eigenvalue weighted by atomic mass is 16.5. The Kier molecular flexibility index (Phi) is 6.46. The Balaban J connectivity index is 2.09. The number of nitrogens with one attached hydrogen (secondary N) is 1. The molecule has 0 radical (unpaired) electrons. The second kappa shape index (κ2) is 7.94. The van der Waals surface area contributed by atoms with E-state index in [0.717, 1.165) is 12.3 Å². The normalized spacial score (nSPS) is 10.8. The molecule has 0 fully saturated rings. The molecule has 0 aliphatic heterocycles. The molecule has 0 saturated heterocycles. The zero-order valence-electron chi connectivity index (χ0n) is 10.3. The summed E-state index contributed by atoms with van der Waals surface area (Å²) in [4.78, 5) is 8.15. The third-order valence-corrected chi connectivity index (χ3v) is 1.93. The van der Waals surface area contributed by atoms with E-state index >= 15 is 0 Å². The van der Waals surface area contributed by atoms with Crippen molar-refractivity contribution in [1.82, 2.24) is 9.97 Å². The number of rotatable bonds is 8. The number of hydrogen-bond acceptors (Lipinski definition) is 6. The molecule has 6 heteroatoms. The third kappa shape index (κ3) is 6.15. The van der Waals surface area contributed by atoms with Crippen LogP contribution in [-0.4, -0.2) is 29.8 Å². The summed E-state index contributed by atoms with van der Waals surface area (Å²) in [6.07, 6.45) is 3.19. The van der Waals surface area contributed by atoms with Gasteiger partial charge in [-0.25, -0.2) is 10.8 Å². The summed E-state index contributed by atoms with van der Waals surface area (Å²) in [6, 6.07) is 0. The van der Waals surface area contributed by atoms with Crippen LogP contribution in [0.4, 0.5) is 5.82 Å². The lowest BCUT2D eigenvalue weighted by atomic mass is 10.2. The molecule has 0 saturated carbocycles. The number of hydrogen-bond donors (Lipinski definition) is 2. The highest BCUT2D eigenvalue weighted by Crippen LogP contribution is 2.00. The Hall–Kier alpha value is -1.24. The second-order valence-corrected chi connectivity index (χ2v) is 4.06. The fourth-order valence-corrected chi connectivity index (χ4v) is 1.12. The van der Waals surface area contributed by atoms with Crippen LogP contribution in [0.5, 0.6) is 0 Å². The van der Waals surface area contributed by atoms with Gasteiger partial charge < -0.3 is 14.9 Å². The van der Waals surface area contributed by atoms with Crippen molar-refractivity contribution in [3.8, 4) is 0 Å². The summed E-state index contributed by atoms with van der Waals surface area (Å²) in [5, 5.41) is 0. The van der Waals surface area contributed by atoms with Gasteiger partial charge in [-0.05, 0) is 5.92 Å². The van der Waals surface area contributed by atoms with Crippen molar-refractivity contribution in [3.05, 3.63) is 18.1 Å². The van der Waals surface area contributed by atoms with Crippen molar-refractivity contribution >= 4 is 5.82 Å². The van der Waals surface area contributed by atoms with E-state index in [2.05, 4.69) is 29.2 Å².